The van der Waals surface area contributed by atoms with Crippen LogP contribution in [0.15, 0.2) is 47.7 Å². The van der Waals surface area contributed by atoms with Crippen LogP contribution in [0, 0.1) is 5.41 Å². The van der Waals surface area contributed by atoms with Gasteiger partial charge in [-0.3, -0.25) is 4.99 Å². The maximum absolute atomic E-state index is 4.97. The Morgan fingerprint density at radius 3 is 2.76 bits per heavy atom. The minimum atomic E-state index is 0.556. The molecule has 1 spiro atoms. The fourth-order valence-electron chi connectivity index (χ4n) is 5.01. The van der Waals surface area contributed by atoms with Crippen LogP contribution in [0.1, 0.15) is 56.8 Å². The fourth-order valence-corrected chi connectivity index (χ4v) is 5.01. The third-order valence-electron chi connectivity index (χ3n) is 6.58. The van der Waals surface area contributed by atoms with E-state index in [1.165, 1.54) is 50.6 Å². The molecule has 2 aliphatic rings. The van der Waals surface area contributed by atoms with Gasteiger partial charge < -0.3 is 14.8 Å². The second-order valence-electron chi connectivity index (χ2n) is 8.67. The van der Waals surface area contributed by atoms with Crippen molar-refractivity contribution in [1.29, 1.82) is 0 Å². The molecule has 29 heavy (non-hydrogen) atoms. The molecule has 2 heterocycles. The number of benzene rings is 1. The molecular formula is C24H35N5. The number of guanidine groups is 1. The van der Waals surface area contributed by atoms with Gasteiger partial charge in [0.25, 0.3) is 0 Å². The summed E-state index contributed by atoms with van der Waals surface area (Å²) in [6.45, 7) is 7.06. The van der Waals surface area contributed by atoms with Gasteiger partial charge >= 0.3 is 0 Å². The zero-order valence-corrected chi connectivity index (χ0v) is 17.8. The largest absolute Gasteiger partial charge is 0.357 e. The first kappa shape index (κ1) is 20.0. The van der Waals surface area contributed by atoms with Crippen molar-refractivity contribution in [1.82, 2.24) is 19.8 Å². The van der Waals surface area contributed by atoms with Crippen LogP contribution < -0.4 is 5.32 Å². The number of hydrogen-bond donors (Lipinski definition) is 1. The van der Waals surface area contributed by atoms with E-state index in [1.807, 2.05) is 6.20 Å². The Morgan fingerprint density at radius 2 is 1.97 bits per heavy atom. The van der Waals surface area contributed by atoms with Crippen molar-refractivity contribution < 1.29 is 0 Å². The summed E-state index contributed by atoms with van der Waals surface area (Å²) in [5.41, 5.74) is 1.86. The van der Waals surface area contributed by atoms with E-state index in [0.717, 1.165) is 44.4 Å². The first-order chi connectivity index (χ1) is 14.3. The van der Waals surface area contributed by atoms with E-state index in [4.69, 9.17) is 4.99 Å². The molecule has 1 aliphatic carbocycles. The van der Waals surface area contributed by atoms with E-state index >= 15 is 0 Å². The molecule has 1 saturated carbocycles. The molecule has 1 aromatic carbocycles. The SMILES string of the molecule is CCNC(=NCCc1nccn1Cc1ccccc1)N1CCC2(CCCCC2)C1. The highest BCUT2D eigenvalue weighted by atomic mass is 15.3. The lowest BCUT2D eigenvalue weighted by molar-refractivity contribution is 0.203. The van der Waals surface area contributed by atoms with E-state index in [0.29, 0.717) is 5.41 Å². The lowest BCUT2D eigenvalue weighted by atomic mass is 9.73. The summed E-state index contributed by atoms with van der Waals surface area (Å²) in [6, 6.07) is 10.6. The second-order valence-corrected chi connectivity index (χ2v) is 8.67. The van der Waals surface area contributed by atoms with Gasteiger partial charge in [0, 0.05) is 51.5 Å². The Bertz CT molecular complexity index is 789. The molecule has 0 bridgehead atoms. The molecule has 2 aromatic rings. The molecule has 0 atom stereocenters. The molecule has 0 radical (unpaired) electrons. The van der Waals surface area contributed by atoms with Crippen LogP contribution in [-0.2, 0) is 13.0 Å². The van der Waals surface area contributed by atoms with Crippen LogP contribution in [0.2, 0.25) is 0 Å². The van der Waals surface area contributed by atoms with Gasteiger partial charge in [0.1, 0.15) is 5.82 Å². The molecule has 1 aromatic heterocycles. The first-order valence-corrected chi connectivity index (χ1v) is 11.4. The van der Waals surface area contributed by atoms with E-state index in [2.05, 4.69) is 63.2 Å². The van der Waals surface area contributed by atoms with Gasteiger partial charge in [0.05, 0.1) is 0 Å². The highest BCUT2D eigenvalue weighted by Crippen LogP contribution is 2.43. The molecule has 0 unspecified atom stereocenters. The lowest BCUT2D eigenvalue weighted by Crippen LogP contribution is -2.41. The third kappa shape index (κ3) is 5.01. The Balaban J connectivity index is 1.36. The standard InChI is InChI=1S/C24H35N5/c1-2-25-23(29-17-14-24(20-29)12-7-4-8-13-24)27-15-11-22-26-16-18-28(22)19-21-9-5-3-6-10-21/h3,5-6,9-10,16,18H,2,4,7-8,11-15,17,19-20H2,1H3,(H,25,27). The molecule has 5 nitrogen and oxygen atoms in total. The van der Waals surface area contributed by atoms with Gasteiger partial charge in [-0.15, -0.1) is 0 Å². The summed E-state index contributed by atoms with van der Waals surface area (Å²) >= 11 is 0. The smallest absolute Gasteiger partial charge is 0.193 e. The average molecular weight is 394 g/mol. The molecule has 1 N–H and O–H groups in total. The normalized spacial score (nSPS) is 19.1. The topological polar surface area (TPSA) is 45.5 Å². The van der Waals surface area contributed by atoms with Crippen molar-refractivity contribution in [2.75, 3.05) is 26.2 Å². The van der Waals surface area contributed by atoms with Crippen molar-refractivity contribution in [3.63, 3.8) is 0 Å². The third-order valence-corrected chi connectivity index (χ3v) is 6.58. The number of likely N-dealkylation sites (tertiary alicyclic amines) is 1. The Kier molecular flexibility index (Phi) is 6.53. The monoisotopic (exact) mass is 393 g/mol. The van der Waals surface area contributed by atoms with Crippen molar-refractivity contribution >= 4 is 5.96 Å². The number of nitrogens with zero attached hydrogens (tertiary/aromatic N) is 4. The van der Waals surface area contributed by atoms with Crippen molar-refractivity contribution in [2.24, 2.45) is 10.4 Å². The number of nitrogens with one attached hydrogen (secondary N) is 1. The summed E-state index contributed by atoms with van der Waals surface area (Å²) in [6.07, 6.45) is 13.2. The van der Waals surface area contributed by atoms with Crippen LogP contribution in [0.4, 0.5) is 0 Å². The van der Waals surface area contributed by atoms with Gasteiger partial charge in [-0.05, 0) is 37.2 Å². The van der Waals surface area contributed by atoms with Crippen LogP contribution in [0.5, 0.6) is 0 Å². The Hall–Kier alpha value is -2.30. The van der Waals surface area contributed by atoms with E-state index < -0.39 is 0 Å². The average Bonchev–Trinajstić information content (AvgIpc) is 3.36. The molecule has 0 amide bonds. The molecule has 1 saturated heterocycles. The highest BCUT2D eigenvalue weighted by molar-refractivity contribution is 5.80. The van der Waals surface area contributed by atoms with Crippen LogP contribution in [0.3, 0.4) is 0 Å². The minimum Gasteiger partial charge on any atom is -0.357 e. The number of aromatic nitrogens is 2. The second kappa shape index (κ2) is 9.47. The number of rotatable bonds is 6. The highest BCUT2D eigenvalue weighted by Gasteiger charge is 2.39. The number of imidazole rings is 1. The maximum atomic E-state index is 4.97. The first-order valence-electron chi connectivity index (χ1n) is 11.4. The maximum Gasteiger partial charge on any atom is 0.193 e. The predicted octanol–water partition coefficient (Wildman–Crippen LogP) is 4.10. The number of aliphatic imine (C=N–C) groups is 1. The van der Waals surface area contributed by atoms with E-state index in [9.17, 15) is 0 Å². The van der Waals surface area contributed by atoms with Gasteiger partial charge in [0.2, 0.25) is 0 Å². The van der Waals surface area contributed by atoms with E-state index in [1.54, 1.807) is 0 Å². The zero-order chi connectivity index (χ0) is 19.9. The molecule has 1 aliphatic heterocycles. The molecule has 5 heteroatoms. The van der Waals surface area contributed by atoms with E-state index in [-0.39, 0.29) is 0 Å². The van der Waals surface area contributed by atoms with Crippen molar-refractivity contribution in [3.8, 4) is 0 Å². The van der Waals surface area contributed by atoms with Crippen LogP contribution in [0.25, 0.3) is 0 Å². The van der Waals surface area contributed by atoms with Crippen LogP contribution in [-0.4, -0.2) is 46.6 Å². The fraction of sp³-hybridized carbons (Fsp3) is 0.583. The molecule has 2 fully saturated rings. The molecule has 4 rings (SSSR count). The quantitative estimate of drug-likeness (QED) is 0.594. The molecular weight excluding hydrogens is 358 g/mol. The summed E-state index contributed by atoms with van der Waals surface area (Å²) in [5, 5.41) is 3.53. The minimum absolute atomic E-state index is 0.556. The van der Waals surface area contributed by atoms with Gasteiger partial charge in [-0.25, -0.2) is 4.98 Å². The van der Waals surface area contributed by atoms with Crippen LogP contribution >= 0.6 is 0 Å². The summed E-state index contributed by atoms with van der Waals surface area (Å²) in [5.74, 6) is 2.20. The Morgan fingerprint density at radius 1 is 1.14 bits per heavy atom. The van der Waals surface area contributed by atoms with Crippen molar-refractivity contribution in [3.05, 3.63) is 54.1 Å². The van der Waals surface area contributed by atoms with Crippen molar-refractivity contribution in [2.45, 2.75) is 58.4 Å². The summed E-state index contributed by atoms with van der Waals surface area (Å²) in [7, 11) is 0. The van der Waals surface area contributed by atoms with Gasteiger partial charge in [-0.2, -0.15) is 0 Å². The predicted molar refractivity (Wildman–Crippen MR) is 119 cm³/mol. The van der Waals surface area contributed by atoms with Gasteiger partial charge in [0.15, 0.2) is 5.96 Å². The zero-order valence-electron chi connectivity index (χ0n) is 17.8. The number of hydrogen-bond acceptors (Lipinski definition) is 2. The Labute approximate surface area is 175 Å². The summed E-state index contributed by atoms with van der Waals surface area (Å²) in [4.78, 5) is 12.1. The summed E-state index contributed by atoms with van der Waals surface area (Å²) < 4.78 is 2.24. The lowest BCUT2D eigenvalue weighted by Gasteiger charge is -2.33. The molecule has 156 valence electrons. The van der Waals surface area contributed by atoms with Gasteiger partial charge in [-0.1, -0.05) is 49.6 Å².